The van der Waals surface area contributed by atoms with E-state index in [1.165, 1.54) is 6.42 Å². The molecule has 7 heteroatoms. The minimum atomic E-state index is -3.49. The summed E-state index contributed by atoms with van der Waals surface area (Å²) in [5.74, 6) is 0. The van der Waals surface area contributed by atoms with Gasteiger partial charge < -0.3 is 5.73 Å². The molecule has 2 aliphatic rings. The molecule has 1 unspecified atom stereocenters. The van der Waals surface area contributed by atoms with Crippen molar-refractivity contribution in [2.75, 3.05) is 31.9 Å². The molecule has 2 N–H and O–H groups in total. The van der Waals surface area contributed by atoms with Crippen LogP contribution in [0.5, 0.6) is 0 Å². The third-order valence-corrected chi connectivity index (χ3v) is 6.57. The molecule has 1 aromatic carbocycles. The van der Waals surface area contributed by atoms with Gasteiger partial charge in [0.25, 0.3) is 0 Å². The van der Waals surface area contributed by atoms with Crippen molar-refractivity contribution < 1.29 is 8.42 Å². The number of rotatable bonds is 2. The summed E-state index contributed by atoms with van der Waals surface area (Å²) in [6, 6.07) is 5.30. The van der Waals surface area contributed by atoms with E-state index < -0.39 is 10.0 Å². The van der Waals surface area contributed by atoms with Crippen LogP contribution in [0.15, 0.2) is 27.6 Å². The lowest BCUT2D eigenvalue weighted by Gasteiger charge is -2.36. The van der Waals surface area contributed by atoms with Crippen LogP contribution in [0.4, 0.5) is 5.69 Å². The Hall–Kier alpha value is -0.630. The minimum absolute atomic E-state index is 0.215. The Labute approximate surface area is 127 Å². The van der Waals surface area contributed by atoms with Gasteiger partial charge in [-0.05, 0) is 37.6 Å². The van der Waals surface area contributed by atoms with Crippen LogP contribution in [0.1, 0.15) is 12.8 Å². The standard InChI is InChI=1S/C13H18BrN3O2S/c14-10-3-4-13(12(15)8-10)20(18,19)17-7-6-16-5-1-2-11(16)9-17/h3-4,8,11H,1-2,5-7,9,15H2. The zero-order chi connectivity index (χ0) is 14.3. The minimum Gasteiger partial charge on any atom is -0.398 e. The van der Waals surface area contributed by atoms with Crippen LogP contribution in [0.25, 0.3) is 0 Å². The molecule has 2 saturated heterocycles. The van der Waals surface area contributed by atoms with Gasteiger partial charge in [-0.25, -0.2) is 8.42 Å². The molecule has 0 aromatic heterocycles. The van der Waals surface area contributed by atoms with Gasteiger partial charge in [0.05, 0.1) is 5.69 Å². The lowest BCUT2D eigenvalue weighted by molar-refractivity contribution is 0.158. The second-order valence-corrected chi connectivity index (χ2v) is 8.20. The highest BCUT2D eigenvalue weighted by Gasteiger charge is 2.36. The van der Waals surface area contributed by atoms with Crippen LogP contribution in [0, 0.1) is 0 Å². The molecule has 0 amide bonds. The van der Waals surface area contributed by atoms with E-state index in [0.717, 1.165) is 24.0 Å². The molecule has 1 aromatic rings. The summed E-state index contributed by atoms with van der Waals surface area (Å²) in [6.07, 6.45) is 2.25. The van der Waals surface area contributed by atoms with Crippen molar-refractivity contribution in [1.29, 1.82) is 0 Å². The monoisotopic (exact) mass is 359 g/mol. The fraction of sp³-hybridized carbons (Fsp3) is 0.538. The predicted octanol–water partition coefficient (Wildman–Crippen LogP) is 1.50. The fourth-order valence-electron chi connectivity index (χ4n) is 3.07. The maximum absolute atomic E-state index is 12.7. The van der Waals surface area contributed by atoms with Crippen molar-refractivity contribution in [1.82, 2.24) is 9.21 Å². The van der Waals surface area contributed by atoms with Crippen LogP contribution < -0.4 is 5.73 Å². The van der Waals surface area contributed by atoms with Gasteiger partial charge >= 0.3 is 0 Å². The Balaban J connectivity index is 1.88. The topological polar surface area (TPSA) is 66.6 Å². The Kier molecular flexibility index (Phi) is 3.79. The molecular formula is C13H18BrN3O2S. The Morgan fingerprint density at radius 1 is 1.25 bits per heavy atom. The number of benzene rings is 1. The molecule has 2 fully saturated rings. The molecule has 5 nitrogen and oxygen atoms in total. The summed E-state index contributed by atoms with van der Waals surface area (Å²) in [4.78, 5) is 2.60. The second kappa shape index (κ2) is 5.29. The Bertz CT molecular complexity index is 620. The van der Waals surface area contributed by atoms with Gasteiger partial charge in [-0.15, -0.1) is 0 Å². The molecule has 0 saturated carbocycles. The highest BCUT2D eigenvalue weighted by atomic mass is 79.9. The summed E-state index contributed by atoms with van der Waals surface area (Å²) in [5, 5.41) is 0. The van der Waals surface area contributed by atoms with E-state index in [2.05, 4.69) is 20.8 Å². The zero-order valence-electron chi connectivity index (χ0n) is 11.1. The van der Waals surface area contributed by atoms with E-state index in [4.69, 9.17) is 5.73 Å². The van der Waals surface area contributed by atoms with Crippen LogP contribution in [0.2, 0.25) is 0 Å². The van der Waals surface area contributed by atoms with Crippen LogP contribution in [-0.4, -0.2) is 49.8 Å². The maximum Gasteiger partial charge on any atom is 0.245 e. The van der Waals surface area contributed by atoms with Crippen molar-refractivity contribution in [3.8, 4) is 0 Å². The smallest absolute Gasteiger partial charge is 0.245 e. The summed E-state index contributed by atoms with van der Waals surface area (Å²) in [5.41, 5.74) is 6.17. The number of hydrogen-bond donors (Lipinski definition) is 1. The van der Waals surface area contributed by atoms with Crippen LogP contribution in [0.3, 0.4) is 0 Å². The summed E-state index contributed by atoms with van der Waals surface area (Å²) < 4.78 is 27.8. The number of halogens is 1. The predicted molar refractivity (Wildman–Crippen MR) is 81.9 cm³/mol. The molecule has 2 heterocycles. The number of fused-ring (bicyclic) bond motifs is 1. The largest absolute Gasteiger partial charge is 0.398 e. The van der Waals surface area contributed by atoms with Crippen LogP contribution >= 0.6 is 15.9 Å². The highest BCUT2D eigenvalue weighted by molar-refractivity contribution is 9.10. The molecule has 2 aliphatic heterocycles. The molecule has 0 aliphatic carbocycles. The first kappa shape index (κ1) is 14.3. The summed E-state index contributed by atoms with van der Waals surface area (Å²) >= 11 is 3.30. The highest BCUT2D eigenvalue weighted by Crippen LogP contribution is 2.29. The quantitative estimate of drug-likeness (QED) is 0.812. The van der Waals surface area contributed by atoms with Crippen molar-refractivity contribution >= 4 is 31.6 Å². The van der Waals surface area contributed by atoms with Gasteiger partial charge in [-0.2, -0.15) is 4.31 Å². The van der Waals surface area contributed by atoms with Crippen molar-refractivity contribution in [3.05, 3.63) is 22.7 Å². The van der Waals surface area contributed by atoms with E-state index in [1.807, 2.05) is 0 Å². The summed E-state index contributed by atoms with van der Waals surface area (Å²) in [7, 11) is -3.49. The SMILES string of the molecule is Nc1cc(Br)ccc1S(=O)(=O)N1CCN2CCCC2C1. The first-order valence-corrected chi connectivity index (χ1v) is 9.01. The third kappa shape index (κ3) is 2.47. The van der Waals surface area contributed by atoms with E-state index in [1.54, 1.807) is 22.5 Å². The lowest BCUT2D eigenvalue weighted by Crippen LogP contribution is -2.51. The third-order valence-electron chi connectivity index (χ3n) is 4.14. The maximum atomic E-state index is 12.7. The van der Waals surface area contributed by atoms with E-state index >= 15 is 0 Å². The van der Waals surface area contributed by atoms with Gasteiger partial charge in [0.1, 0.15) is 4.90 Å². The van der Waals surface area contributed by atoms with Gasteiger partial charge in [-0.1, -0.05) is 15.9 Å². The normalized spacial score (nSPS) is 24.8. The number of anilines is 1. The molecule has 0 radical (unpaired) electrons. The molecule has 0 bridgehead atoms. The molecule has 3 rings (SSSR count). The lowest BCUT2D eigenvalue weighted by atomic mass is 10.2. The fourth-order valence-corrected chi connectivity index (χ4v) is 5.02. The Morgan fingerprint density at radius 3 is 2.80 bits per heavy atom. The molecular weight excluding hydrogens is 342 g/mol. The van der Waals surface area contributed by atoms with E-state index in [0.29, 0.717) is 24.8 Å². The van der Waals surface area contributed by atoms with Gasteiger partial charge in [0, 0.05) is 30.1 Å². The van der Waals surface area contributed by atoms with Crippen molar-refractivity contribution in [3.63, 3.8) is 0 Å². The number of sulfonamides is 1. The van der Waals surface area contributed by atoms with Crippen molar-refractivity contribution in [2.45, 2.75) is 23.8 Å². The molecule has 1 atom stereocenters. The number of nitrogens with two attached hydrogens (primary N) is 1. The summed E-state index contributed by atoms with van der Waals surface area (Å²) in [6.45, 7) is 3.05. The van der Waals surface area contributed by atoms with E-state index in [-0.39, 0.29) is 4.90 Å². The van der Waals surface area contributed by atoms with Gasteiger partial charge in [0.15, 0.2) is 0 Å². The van der Waals surface area contributed by atoms with Gasteiger partial charge in [-0.3, -0.25) is 4.90 Å². The first-order valence-electron chi connectivity index (χ1n) is 6.78. The second-order valence-electron chi connectivity index (χ2n) is 5.38. The first-order chi connectivity index (χ1) is 9.48. The number of nitrogens with zero attached hydrogens (tertiary/aromatic N) is 2. The average Bonchev–Trinajstić information content (AvgIpc) is 2.85. The molecule has 0 spiro atoms. The van der Waals surface area contributed by atoms with Crippen LogP contribution in [-0.2, 0) is 10.0 Å². The number of hydrogen-bond acceptors (Lipinski definition) is 4. The molecule has 110 valence electrons. The zero-order valence-corrected chi connectivity index (χ0v) is 13.5. The average molecular weight is 360 g/mol. The van der Waals surface area contributed by atoms with Crippen molar-refractivity contribution in [2.24, 2.45) is 0 Å². The van der Waals surface area contributed by atoms with E-state index in [9.17, 15) is 8.42 Å². The molecule has 20 heavy (non-hydrogen) atoms. The Morgan fingerprint density at radius 2 is 2.05 bits per heavy atom. The number of piperazine rings is 1. The van der Waals surface area contributed by atoms with Gasteiger partial charge in [0.2, 0.25) is 10.0 Å². The number of nitrogen functional groups attached to an aromatic ring is 1.